The van der Waals surface area contributed by atoms with Gasteiger partial charge < -0.3 is 9.64 Å². The van der Waals surface area contributed by atoms with E-state index in [-0.39, 0.29) is 11.7 Å². The molecule has 25 heavy (non-hydrogen) atoms. The number of carbonyl (C=O) groups is 1. The highest BCUT2D eigenvalue weighted by Gasteiger charge is 2.28. The maximum absolute atomic E-state index is 12.6. The predicted octanol–water partition coefficient (Wildman–Crippen LogP) is 1.74. The summed E-state index contributed by atoms with van der Waals surface area (Å²) < 4.78 is 31.0. The molecular weight excluding hydrogens is 340 g/mol. The molecule has 1 amide bonds. The maximum Gasteiger partial charge on any atom is 0.227 e. The predicted molar refractivity (Wildman–Crippen MR) is 98.4 cm³/mol. The van der Waals surface area contributed by atoms with Gasteiger partial charge in [0.1, 0.15) is 5.75 Å². The van der Waals surface area contributed by atoms with Gasteiger partial charge >= 0.3 is 0 Å². The van der Waals surface area contributed by atoms with Gasteiger partial charge in [0.05, 0.1) is 19.3 Å². The average molecular weight is 368 g/mol. The van der Waals surface area contributed by atoms with Crippen LogP contribution in [0.2, 0.25) is 0 Å². The Morgan fingerprint density at radius 2 is 1.76 bits per heavy atom. The molecule has 1 aliphatic rings. The number of amides is 1. The summed E-state index contributed by atoms with van der Waals surface area (Å²) in [7, 11) is -1.54. The Morgan fingerprint density at radius 1 is 1.12 bits per heavy atom. The number of hydrogen-bond donors (Lipinski definition) is 0. The minimum atomic E-state index is -3.18. The molecule has 7 heteroatoms. The van der Waals surface area contributed by atoms with Crippen LogP contribution in [-0.2, 0) is 21.2 Å². The highest BCUT2D eigenvalue weighted by atomic mass is 32.2. The van der Waals surface area contributed by atoms with E-state index in [1.807, 2.05) is 32.9 Å². The second-order valence-electron chi connectivity index (χ2n) is 6.45. The van der Waals surface area contributed by atoms with Crippen LogP contribution < -0.4 is 4.74 Å². The number of piperazine rings is 1. The van der Waals surface area contributed by atoms with E-state index in [1.54, 1.807) is 12.0 Å². The first kappa shape index (κ1) is 19.7. The standard InChI is InChI=1S/C18H28N2O4S/c1-5-12-25(22,23)20-10-8-19(9-11-20)18(21)13-16-6-7-17(24-4)15(3)14(16)2/h6-7H,5,8-13H2,1-4H3. The Morgan fingerprint density at radius 3 is 2.32 bits per heavy atom. The van der Waals surface area contributed by atoms with Gasteiger partial charge in [0.25, 0.3) is 0 Å². The van der Waals surface area contributed by atoms with E-state index in [0.29, 0.717) is 39.0 Å². The molecule has 1 aromatic rings. The third-order valence-electron chi connectivity index (χ3n) is 4.86. The van der Waals surface area contributed by atoms with Crippen molar-refractivity contribution in [3.05, 3.63) is 28.8 Å². The Kier molecular flexibility index (Phi) is 6.46. The molecule has 0 aromatic heterocycles. The van der Waals surface area contributed by atoms with Crippen molar-refractivity contribution in [3.8, 4) is 5.75 Å². The van der Waals surface area contributed by atoms with Crippen molar-refractivity contribution >= 4 is 15.9 Å². The van der Waals surface area contributed by atoms with Gasteiger partial charge in [-0.25, -0.2) is 8.42 Å². The first-order valence-corrected chi connectivity index (χ1v) is 10.3. The first-order chi connectivity index (χ1) is 11.8. The summed E-state index contributed by atoms with van der Waals surface area (Å²) >= 11 is 0. The fraction of sp³-hybridized carbons (Fsp3) is 0.611. The van der Waals surface area contributed by atoms with Crippen molar-refractivity contribution < 1.29 is 17.9 Å². The lowest BCUT2D eigenvalue weighted by molar-refractivity contribution is -0.131. The molecule has 1 aliphatic heterocycles. The molecule has 0 atom stereocenters. The van der Waals surface area contributed by atoms with Gasteiger partial charge in [-0.05, 0) is 43.0 Å². The van der Waals surface area contributed by atoms with Gasteiger partial charge in [0.2, 0.25) is 15.9 Å². The number of methoxy groups -OCH3 is 1. The number of sulfonamides is 1. The third kappa shape index (κ3) is 4.52. The van der Waals surface area contributed by atoms with E-state index in [4.69, 9.17) is 4.74 Å². The summed E-state index contributed by atoms with van der Waals surface area (Å²) in [6, 6.07) is 3.82. The van der Waals surface area contributed by atoms with Crippen molar-refractivity contribution in [2.24, 2.45) is 0 Å². The Hall–Kier alpha value is -1.60. The summed E-state index contributed by atoms with van der Waals surface area (Å²) in [5, 5.41) is 0. The van der Waals surface area contributed by atoms with Crippen LogP contribution in [0.3, 0.4) is 0 Å². The quantitative estimate of drug-likeness (QED) is 0.767. The molecule has 0 aliphatic carbocycles. The number of nitrogens with zero attached hydrogens (tertiary/aromatic N) is 2. The molecule has 1 aromatic carbocycles. The number of carbonyl (C=O) groups excluding carboxylic acids is 1. The van der Waals surface area contributed by atoms with Crippen molar-refractivity contribution in [2.45, 2.75) is 33.6 Å². The van der Waals surface area contributed by atoms with Gasteiger partial charge in [-0.2, -0.15) is 4.31 Å². The van der Waals surface area contributed by atoms with Crippen molar-refractivity contribution in [2.75, 3.05) is 39.0 Å². The van der Waals surface area contributed by atoms with E-state index >= 15 is 0 Å². The van der Waals surface area contributed by atoms with E-state index < -0.39 is 10.0 Å². The van der Waals surface area contributed by atoms with E-state index in [2.05, 4.69) is 0 Å². The minimum Gasteiger partial charge on any atom is -0.496 e. The lowest BCUT2D eigenvalue weighted by Gasteiger charge is -2.34. The zero-order valence-corrected chi connectivity index (χ0v) is 16.4. The molecule has 6 nitrogen and oxygen atoms in total. The lowest BCUT2D eigenvalue weighted by atomic mass is 9.99. The Bertz CT molecular complexity index is 723. The summed E-state index contributed by atoms with van der Waals surface area (Å²) in [6.45, 7) is 7.51. The summed E-state index contributed by atoms with van der Waals surface area (Å²) in [6.07, 6.45) is 0.940. The SMILES string of the molecule is CCCS(=O)(=O)N1CCN(C(=O)Cc2ccc(OC)c(C)c2C)CC1. The molecule has 2 rings (SSSR count). The minimum absolute atomic E-state index is 0.0419. The van der Waals surface area contributed by atoms with Gasteiger partial charge in [-0.3, -0.25) is 4.79 Å². The molecule has 140 valence electrons. The molecule has 1 heterocycles. The first-order valence-electron chi connectivity index (χ1n) is 8.68. The van der Waals surface area contributed by atoms with Crippen LogP contribution in [0.1, 0.15) is 30.0 Å². The highest BCUT2D eigenvalue weighted by molar-refractivity contribution is 7.89. The molecule has 0 bridgehead atoms. The summed E-state index contributed by atoms with van der Waals surface area (Å²) in [5.41, 5.74) is 3.10. The molecule has 0 unspecified atom stereocenters. The topological polar surface area (TPSA) is 66.9 Å². The van der Waals surface area contributed by atoms with E-state index in [0.717, 1.165) is 22.4 Å². The average Bonchev–Trinajstić information content (AvgIpc) is 2.59. The fourth-order valence-electron chi connectivity index (χ4n) is 3.14. The lowest BCUT2D eigenvalue weighted by Crippen LogP contribution is -2.51. The Balaban J connectivity index is 1.99. The summed E-state index contributed by atoms with van der Waals surface area (Å²) in [4.78, 5) is 14.4. The normalized spacial score (nSPS) is 16.1. The van der Waals surface area contributed by atoms with Crippen molar-refractivity contribution in [1.29, 1.82) is 0 Å². The molecule has 0 saturated carbocycles. The van der Waals surface area contributed by atoms with Gasteiger partial charge in [0, 0.05) is 26.2 Å². The zero-order valence-electron chi connectivity index (χ0n) is 15.5. The highest BCUT2D eigenvalue weighted by Crippen LogP contribution is 2.24. The third-order valence-corrected chi connectivity index (χ3v) is 6.93. The molecule has 1 fully saturated rings. The fourth-order valence-corrected chi connectivity index (χ4v) is 4.64. The van der Waals surface area contributed by atoms with Gasteiger partial charge in [-0.1, -0.05) is 13.0 Å². The van der Waals surface area contributed by atoms with Crippen LogP contribution in [0.15, 0.2) is 12.1 Å². The molecule has 0 N–H and O–H groups in total. The maximum atomic E-state index is 12.6. The van der Waals surface area contributed by atoms with E-state index in [1.165, 1.54) is 4.31 Å². The van der Waals surface area contributed by atoms with Crippen LogP contribution in [0.5, 0.6) is 5.75 Å². The zero-order chi connectivity index (χ0) is 18.6. The van der Waals surface area contributed by atoms with Crippen LogP contribution in [-0.4, -0.2) is 62.6 Å². The van der Waals surface area contributed by atoms with Crippen LogP contribution >= 0.6 is 0 Å². The number of benzene rings is 1. The monoisotopic (exact) mass is 368 g/mol. The van der Waals surface area contributed by atoms with Crippen LogP contribution in [0, 0.1) is 13.8 Å². The van der Waals surface area contributed by atoms with Gasteiger partial charge in [0.15, 0.2) is 0 Å². The second-order valence-corrected chi connectivity index (χ2v) is 8.54. The smallest absolute Gasteiger partial charge is 0.227 e. The summed E-state index contributed by atoms with van der Waals surface area (Å²) in [5.74, 6) is 1.04. The molecule has 0 spiro atoms. The Labute approximate surface area is 150 Å². The molecule has 0 radical (unpaired) electrons. The van der Waals surface area contributed by atoms with Crippen molar-refractivity contribution in [1.82, 2.24) is 9.21 Å². The molecule has 1 saturated heterocycles. The second kappa shape index (κ2) is 8.19. The van der Waals surface area contributed by atoms with Gasteiger partial charge in [-0.15, -0.1) is 0 Å². The number of ether oxygens (including phenoxy) is 1. The van der Waals surface area contributed by atoms with Crippen LogP contribution in [0.4, 0.5) is 0 Å². The largest absolute Gasteiger partial charge is 0.496 e. The van der Waals surface area contributed by atoms with Crippen LogP contribution in [0.25, 0.3) is 0 Å². The molecular formula is C18H28N2O4S. The number of rotatable bonds is 6. The number of hydrogen-bond acceptors (Lipinski definition) is 4. The van der Waals surface area contributed by atoms with Crippen molar-refractivity contribution in [3.63, 3.8) is 0 Å². The van der Waals surface area contributed by atoms with E-state index in [9.17, 15) is 13.2 Å².